The summed E-state index contributed by atoms with van der Waals surface area (Å²) in [7, 11) is 3.08. The predicted octanol–water partition coefficient (Wildman–Crippen LogP) is 6.12. The number of thioether (sulfide) groups is 1. The molecule has 196 valence electrons. The Kier molecular flexibility index (Phi) is 8.49. The zero-order valence-electron chi connectivity index (χ0n) is 21.5. The fraction of sp³-hybridized carbons (Fsp3) is 0.133. The number of carboxylic acids is 1. The first-order valence-electron chi connectivity index (χ1n) is 11.9. The number of nitriles is 1. The molecule has 0 saturated carbocycles. The van der Waals surface area contributed by atoms with Gasteiger partial charge in [0.1, 0.15) is 11.1 Å². The molecule has 9 heteroatoms. The lowest BCUT2D eigenvalue weighted by molar-refractivity contribution is -0.115. The first kappa shape index (κ1) is 27.2. The highest BCUT2D eigenvalue weighted by molar-refractivity contribution is 8.00. The van der Waals surface area contributed by atoms with Gasteiger partial charge < -0.3 is 19.9 Å². The summed E-state index contributed by atoms with van der Waals surface area (Å²) in [5.74, 6) is -0.460. The van der Waals surface area contributed by atoms with Crippen LogP contribution in [0.4, 0.5) is 5.69 Å². The van der Waals surface area contributed by atoms with Crippen molar-refractivity contribution in [3.05, 3.63) is 90.0 Å². The maximum absolute atomic E-state index is 13.1. The fourth-order valence-electron chi connectivity index (χ4n) is 3.98. The van der Waals surface area contributed by atoms with E-state index in [2.05, 4.69) is 11.4 Å². The second kappa shape index (κ2) is 12.2. The number of nitrogens with one attached hydrogen (secondary N) is 1. The molecule has 2 N–H and O–H groups in total. The maximum Gasteiger partial charge on any atom is 0.335 e. The van der Waals surface area contributed by atoms with Crippen LogP contribution in [0.1, 0.15) is 22.8 Å². The summed E-state index contributed by atoms with van der Waals surface area (Å²) < 4.78 is 11.1. The third kappa shape index (κ3) is 6.03. The van der Waals surface area contributed by atoms with Crippen LogP contribution >= 0.6 is 11.8 Å². The molecule has 0 saturated heterocycles. The minimum atomic E-state index is -1.09. The number of carbonyl (C=O) groups is 2. The van der Waals surface area contributed by atoms with Crippen molar-refractivity contribution >= 4 is 29.3 Å². The molecular weight excluding hydrogens is 514 g/mol. The normalized spacial score (nSPS) is 11.2. The van der Waals surface area contributed by atoms with Crippen LogP contribution in [0.5, 0.6) is 11.5 Å². The van der Waals surface area contributed by atoms with E-state index < -0.39 is 11.2 Å². The number of methoxy groups -OCH3 is 2. The molecule has 3 aromatic carbocycles. The molecule has 1 atom stereocenters. The van der Waals surface area contributed by atoms with E-state index in [1.54, 1.807) is 32.2 Å². The number of carbonyl (C=O) groups excluding carboxylic acids is 1. The average molecular weight is 540 g/mol. The Morgan fingerprint density at radius 1 is 0.974 bits per heavy atom. The van der Waals surface area contributed by atoms with E-state index in [1.165, 1.54) is 19.2 Å². The molecule has 0 radical (unpaired) electrons. The Morgan fingerprint density at radius 3 is 2.38 bits per heavy atom. The molecule has 0 aliphatic heterocycles. The van der Waals surface area contributed by atoms with E-state index in [1.807, 2.05) is 48.5 Å². The summed E-state index contributed by atoms with van der Waals surface area (Å²) in [4.78, 5) is 29.1. The Bertz CT molecular complexity index is 1570. The minimum Gasteiger partial charge on any atom is -0.493 e. The lowest BCUT2D eigenvalue weighted by atomic mass is 9.98. The average Bonchev–Trinajstić information content (AvgIpc) is 2.96. The van der Waals surface area contributed by atoms with Crippen LogP contribution in [0.15, 0.2) is 83.9 Å². The van der Waals surface area contributed by atoms with E-state index in [4.69, 9.17) is 14.5 Å². The molecule has 0 spiro atoms. The third-order valence-corrected chi connectivity index (χ3v) is 6.98. The second-order valence-electron chi connectivity index (χ2n) is 8.39. The second-order valence-corrected chi connectivity index (χ2v) is 9.72. The molecule has 1 amide bonds. The number of rotatable bonds is 9. The largest absolute Gasteiger partial charge is 0.493 e. The number of para-hydroxylation sites is 1. The summed E-state index contributed by atoms with van der Waals surface area (Å²) in [5, 5.41) is 22.0. The van der Waals surface area contributed by atoms with Gasteiger partial charge in [0.25, 0.3) is 0 Å². The molecular formula is C30H25N3O5S. The van der Waals surface area contributed by atoms with Gasteiger partial charge in [-0.05, 0) is 37.3 Å². The number of carboxylic acid groups (broad SMARTS) is 1. The molecule has 4 rings (SSSR count). The van der Waals surface area contributed by atoms with Crippen molar-refractivity contribution in [3.8, 4) is 40.0 Å². The van der Waals surface area contributed by atoms with Crippen molar-refractivity contribution in [1.29, 1.82) is 5.26 Å². The first-order valence-corrected chi connectivity index (χ1v) is 12.8. The van der Waals surface area contributed by atoms with E-state index in [0.29, 0.717) is 44.6 Å². The van der Waals surface area contributed by atoms with E-state index >= 15 is 0 Å². The summed E-state index contributed by atoms with van der Waals surface area (Å²) in [5.41, 5.74) is 3.42. The molecule has 1 aromatic heterocycles. The van der Waals surface area contributed by atoms with Gasteiger partial charge in [0.15, 0.2) is 11.5 Å². The van der Waals surface area contributed by atoms with E-state index in [0.717, 1.165) is 17.3 Å². The molecule has 4 aromatic rings. The number of hydrogen-bond acceptors (Lipinski definition) is 7. The van der Waals surface area contributed by atoms with Crippen molar-refractivity contribution < 1.29 is 24.2 Å². The lowest BCUT2D eigenvalue weighted by Crippen LogP contribution is -2.23. The van der Waals surface area contributed by atoms with Gasteiger partial charge in [0.2, 0.25) is 5.91 Å². The van der Waals surface area contributed by atoms with Crippen LogP contribution in [0.3, 0.4) is 0 Å². The van der Waals surface area contributed by atoms with Gasteiger partial charge in [0.05, 0.1) is 36.3 Å². The van der Waals surface area contributed by atoms with E-state index in [-0.39, 0.29) is 11.5 Å². The summed E-state index contributed by atoms with van der Waals surface area (Å²) in [6.45, 7) is 1.70. The van der Waals surface area contributed by atoms with Crippen LogP contribution in [-0.4, -0.2) is 41.4 Å². The highest BCUT2D eigenvalue weighted by Gasteiger charge is 2.24. The zero-order chi connectivity index (χ0) is 27.9. The van der Waals surface area contributed by atoms with Crippen LogP contribution in [0.2, 0.25) is 0 Å². The van der Waals surface area contributed by atoms with Crippen LogP contribution < -0.4 is 14.8 Å². The van der Waals surface area contributed by atoms with Crippen molar-refractivity contribution in [2.75, 3.05) is 19.5 Å². The first-order chi connectivity index (χ1) is 18.9. The highest BCUT2D eigenvalue weighted by atomic mass is 32.2. The number of pyridine rings is 1. The van der Waals surface area contributed by atoms with Crippen LogP contribution in [0.25, 0.3) is 22.4 Å². The molecule has 8 nitrogen and oxygen atoms in total. The maximum atomic E-state index is 13.1. The lowest BCUT2D eigenvalue weighted by Gasteiger charge is -2.18. The standard InChI is InChI=1S/C30H25N3O5S/c1-18(28(34)32-21-12-7-11-20(15-21)30(35)36)39-29-24(17-31)23(16-25(33-29)19-9-5-4-6-10-19)22-13-8-14-26(37-2)27(22)38-3/h4-16,18H,1-3H3,(H,32,34)(H,35,36). The number of hydrogen-bond donors (Lipinski definition) is 2. The summed E-state index contributed by atoms with van der Waals surface area (Å²) >= 11 is 1.14. The van der Waals surface area contributed by atoms with Gasteiger partial charge in [-0.3, -0.25) is 4.79 Å². The Morgan fingerprint density at radius 2 is 1.72 bits per heavy atom. The monoisotopic (exact) mass is 539 g/mol. The zero-order valence-corrected chi connectivity index (χ0v) is 22.3. The molecule has 0 aliphatic carbocycles. The number of amides is 1. The van der Waals surface area contributed by atoms with Gasteiger partial charge in [-0.1, -0.05) is 60.3 Å². The van der Waals surface area contributed by atoms with Crippen molar-refractivity contribution in [2.24, 2.45) is 0 Å². The molecule has 0 bridgehead atoms. The molecule has 1 unspecified atom stereocenters. The Labute approximate surface area is 230 Å². The fourth-order valence-corrected chi connectivity index (χ4v) is 4.90. The molecule has 39 heavy (non-hydrogen) atoms. The number of benzene rings is 3. The minimum absolute atomic E-state index is 0.0639. The molecule has 0 aliphatic rings. The van der Waals surface area contributed by atoms with Crippen molar-refractivity contribution in [1.82, 2.24) is 4.98 Å². The topological polar surface area (TPSA) is 122 Å². The van der Waals surface area contributed by atoms with Gasteiger partial charge in [-0.15, -0.1) is 0 Å². The van der Waals surface area contributed by atoms with Crippen molar-refractivity contribution in [2.45, 2.75) is 17.2 Å². The van der Waals surface area contributed by atoms with Gasteiger partial charge in [-0.25, -0.2) is 9.78 Å². The number of anilines is 1. The SMILES string of the molecule is COc1cccc(-c2cc(-c3ccccc3)nc(SC(C)C(=O)Nc3cccc(C(=O)O)c3)c2C#N)c1OC. The summed E-state index contributed by atoms with van der Waals surface area (Å²) in [6, 6.07) is 25.1. The van der Waals surface area contributed by atoms with Crippen LogP contribution in [-0.2, 0) is 4.79 Å². The Balaban J connectivity index is 1.77. The van der Waals surface area contributed by atoms with Gasteiger partial charge in [-0.2, -0.15) is 5.26 Å². The van der Waals surface area contributed by atoms with Gasteiger partial charge >= 0.3 is 5.97 Å². The quantitative estimate of drug-likeness (QED) is 0.244. The number of nitrogens with zero attached hydrogens (tertiary/aromatic N) is 2. The summed E-state index contributed by atoms with van der Waals surface area (Å²) in [6.07, 6.45) is 0. The molecule has 1 heterocycles. The van der Waals surface area contributed by atoms with E-state index in [9.17, 15) is 20.0 Å². The molecule has 0 fully saturated rings. The Hall–Kier alpha value is -4.81. The predicted molar refractivity (Wildman–Crippen MR) is 150 cm³/mol. The third-order valence-electron chi connectivity index (χ3n) is 5.90. The highest BCUT2D eigenvalue weighted by Crippen LogP contribution is 2.42. The van der Waals surface area contributed by atoms with Crippen LogP contribution in [0, 0.1) is 11.3 Å². The van der Waals surface area contributed by atoms with Gasteiger partial charge in [0, 0.05) is 22.4 Å². The van der Waals surface area contributed by atoms with Crippen molar-refractivity contribution in [3.63, 3.8) is 0 Å². The smallest absolute Gasteiger partial charge is 0.335 e. The number of aromatic nitrogens is 1. The number of ether oxygens (including phenoxy) is 2. The number of aromatic carboxylic acids is 1.